The number of fused-ring (bicyclic) bond motifs is 3. The van der Waals surface area contributed by atoms with Gasteiger partial charge in [-0.05, 0) is 35.7 Å². The Kier molecular flexibility index (Phi) is 3.55. The second kappa shape index (κ2) is 5.73. The summed E-state index contributed by atoms with van der Waals surface area (Å²) in [4.78, 5) is 28.7. The van der Waals surface area contributed by atoms with Gasteiger partial charge in [-0.25, -0.2) is 18.9 Å². The number of hydrogen-bond acceptors (Lipinski definition) is 5. The molecule has 7 nitrogen and oxygen atoms in total. The van der Waals surface area contributed by atoms with Crippen LogP contribution >= 0.6 is 22.9 Å². The number of halogens is 1. The van der Waals surface area contributed by atoms with E-state index in [0.29, 0.717) is 16.4 Å². The SMILES string of the molecule is O=C(Cn1nc2c3sccc3ncn2c1=O)Nc1ccc(Cl)cc1. The highest BCUT2D eigenvalue weighted by molar-refractivity contribution is 7.17. The van der Waals surface area contributed by atoms with Crippen molar-refractivity contribution in [2.75, 3.05) is 5.32 Å². The molecule has 0 fully saturated rings. The molecule has 0 saturated heterocycles. The molecule has 24 heavy (non-hydrogen) atoms. The lowest BCUT2D eigenvalue weighted by Gasteiger charge is -2.04. The van der Waals surface area contributed by atoms with Crippen LogP contribution in [0.1, 0.15) is 0 Å². The number of carbonyl (C=O) groups is 1. The molecule has 3 aromatic heterocycles. The highest BCUT2D eigenvalue weighted by atomic mass is 35.5. The minimum absolute atomic E-state index is 0.185. The predicted molar refractivity (Wildman–Crippen MR) is 92.7 cm³/mol. The first-order valence-corrected chi connectivity index (χ1v) is 8.24. The van der Waals surface area contributed by atoms with Crippen molar-refractivity contribution in [3.8, 4) is 0 Å². The molecule has 3 heterocycles. The minimum atomic E-state index is -0.404. The number of anilines is 1. The number of aromatic nitrogens is 4. The Labute approximate surface area is 144 Å². The van der Waals surface area contributed by atoms with Gasteiger partial charge in [0.25, 0.3) is 0 Å². The molecule has 1 aromatic carbocycles. The van der Waals surface area contributed by atoms with Gasteiger partial charge in [0.2, 0.25) is 5.91 Å². The summed E-state index contributed by atoms with van der Waals surface area (Å²) in [7, 11) is 0. The van der Waals surface area contributed by atoms with Crippen molar-refractivity contribution >= 4 is 50.4 Å². The zero-order chi connectivity index (χ0) is 16.7. The molecule has 120 valence electrons. The summed E-state index contributed by atoms with van der Waals surface area (Å²) in [6.07, 6.45) is 1.42. The fourth-order valence-electron chi connectivity index (χ4n) is 2.34. The zero-order valence-corrected chi connectivity index (χ0v) is 13.7. The zero-order valence-electron chi connectivity index (χ0n) is 12.1. The third kappa shape index (κ3) is 2.55. The molecule has 0 aliphatic carbocycles. The second-order valence-corrected chi connectivity index (χ2v) is 6.42. The predicted octanol–water partition coefficient (Wildman–Crippen LogP) is 2.40. The van der Waals surface area contributed by atoms with Crippen molar-refractivity contribution < 1.29 is 4.79 Å². The number of thiophene rings is 1. The van der Waals surface area contributed by atoms with Gasteiger partial charge in [0.05, 0.1) is 10.2 Å². The van der Waals surface area contributed by atoms with Crippen LogP contribution in [0.2, 0.25) is 5.02 Å². The molecule has 0 aliphatic rings. The van der Waals surface area contributed by atoms with Gasteiger partial charge < -0.3 is 5.32 Å². The lowest BCUT2D eigenvalue weighted by molar-refractivity contribution is -0.117. The van der Waals surface area contributed by atoms with Crippen molar-refractivity contribution in [3.05, 3.63) is 57.5 Å². The van der Waals surface area contributed by atoms with Gasteiger partial charge in [-0.3, -0.25) is 4.79 Å². The van der Waals surface area contributed by atoms with E-state index < -0.39 is 5.69 Å². The number of hydrogen-bond donors (Lipinski definition) is 1. The monoisotopic (exact) mass is 359 g/mol. The summed E-state index contributed by atoms with van der Waals surface area (Å²) in [5, 5.41) is 9.43. The maximum Gasteiger partial charge on any atom is 0.352 e. The van der Waals surface area contributed by atoms with Gasteiger partial charge in [-0.2, -0.15) is 0 Å². The molecule has 9 heteroatoms. The van der Waals surface area contributed by atoms with Crippen molar-refractivity contribution in [2.45, 2.75) is 6.54 Å². The summed E-state index contributed by atoms with van der Waals surface area (Å²) >= 11 is 7.26. The number of nitrogens with zero attached hydrogens (tertiary/aromatic N) is 4. The molecule has 0 aliphatic heterocycles. The van der Waals surface area contributed by atoms with Gasteiger partial charge in [0, 0.05) is 10.7 Å². The van der Waals surface area contributed by atoms with E-state index in [1.807, 2.05) is 11.4 Å². The fraction of sp³-hybridized carbons (Fsp3) is 0.0667. The summed E-state index contributed by atoms with van der Waals surface area (Å²) in [6, 6.07) is 8.58. The molecular weight excluding hydrogens is 350 g/mol. The summed E-state index contributed by atoms with van der Waals surface area (Å²) < 4.78 is 3.28. The molecular formula is C15H10ClN5O2S. The Hall–Kier alpha value is -2.71. The number of amides is 1. The normalized spacial score (nSPS) is 11.2. The number of benzene rings is 1. The smallest absolute Gasteiger partial charge is 0.324 e. The minimum Gasteiger partial charge on any atom is -0.324 e. The largest absolute Gasteiger partial charge is 0.352 e. The summed E-state index contributed by atoms with van der Waals surface area (Å²) in [5.74, 6) is -0.349. The van der Waals surface area contributed by atoms with Crippen LogP contribution in [0, 0.1) is 0 Å². The third-order valence-corrected chi connectivity index (χ3v) is 4.60. The van der Waals surface area contributed by atoms with E-state index in [1.54, 1.807) is 24.3 Å². The lowest BCUT2D eigenvalue weighted by Crippen LogP contribution is -2.28. The first-order valence-electron chi connectivity index (χ1n) is 6.98. The van der Waals surface area contributed by atoms with Crippen LogP contribution < -0.4 is 11.0 Å². The highest BCUT2D eigenvalue weighted by Gasteiger charge is 2.14. The molecule has 0 saturated carbocycles. The van der Waals surface area contributed by atoms with Gasteiger partial charge in [-0.1, -0.05) is 11.6 Å². The summed E-state index contributed by atoms with van der Waals surface area (Å²) in [5.41, 5.74) is 1.47. The van der Waals surface area contributed by atoms with Crippen molar-refractivity contribution in [2.24, 2.45) is 0 Å². The molecule has 0 atom stereocenters. The Morgan fingerprint density at radius 1 is 1.25 bits per heavy atom. The van der Waals surface area contributed by atoms with E-state index in [1.165, 1.54) is 22.1 Å². The molecule has 4 rings (SSSR count). The number of nitrogens with one attached hydrogen (secondary N) is 1. The van der Waals surface area contributed by atoms with Crippen LogP contribution in [0.3, 0.4) is 0 Å². The van der Waals surface area contributed by atoms with Crippen LogP contribution in [0.4, 0.5) is 5.69 Å². The summed E-state index contributed by atoms with van der Waals surface area (Å²) in [6.45, 7) is -0.185. The van der Waals surface area contributed by atoms with E-state index in [4.69, 9.17) is 11.6 Å². The van der Waals surface area contributed by atoms with Gasteiger partial charge in [0.15, 0.2) is 5.65 Å². The molecule has 0 bridgehead atoms. The molecule has 1 N–H and O–H groups in total. The first-order chi connectivity index (χ1) is 11.6. The molecule has 0 unspecified atom stereocenters. The van der Waals surface area contributed by atoms with E-state index in [-0.39, 0.29) is 12.5 Å². The van der Waals surface area contributed by atoms with Crippen LogP contribution in [-0.4, -0.2) is 25.1 Å². The quantitative estimate of drug-likeness (QED) is 0.609. The number of carbonyl (C=O) groups excluding carboxylic acids is 1. The van der Waals surface area contributed by atoms with Crippen molar-refractivity contribution in [1.82, 2.24) is 19.2 Å². The average molecular weight is 360 g/mol. The third-order valence-electron chi connectivity index (χ3n) is 3.45. The fourth-order valence-corrected chi connectivity index (χ4v) is 3.29. The maximum absolute atomic E-state index is 12.4. The molecule has 1 amide bonds. The number of rotatable bonds is 3. The topological polar surface area (TPSA) is 81.3 Å². The Balaban J connectivity index is 1.64. The van der Waals surface area contributed by atoms with Gasteiger partial charge >= 0.3 is 5.69 Å². The Bertz CT molecular complexity index is 1110. The van der Waals surface area contributed by atoms with Gasteiger partial charge in [0.1, 0.15) is 12.9 Å². The Morgan fingerprint density at radius 2 is 2.04 bits per heavy atom. The van der Waals surface area contributed by atoms with Crippen molar-refractivity contribution in [3.63, 3.8) is 0 Å². The first kappa shape index (κ1) is 14.9. The molecule has 0 spiro atoms. The van der Waals surface area contributed by atoms with Crippen LogP contribution in [-0.2, 0) is 11.3 Å². The van der Waals surface area contributed by atoms with E-state index >= 15 is 0 Å². The molecule has 4 aromatic rings. The van der Waals surface area contributed by atoms with Gasteiger partial charge in [-0.15, -0.1) is 16.4 Å². The Morgan fingerprint density at radius 3 is 2.83 bits per heavy atom. The second-order valence-electron chi connectivity index (χ2n) is 5.07. The average Bonchev–Trinajstić information content (AvgIpc) is 3.15. The van der Waals surface area contributed by atoms with Crippen LogP contribution in [0.5, 0.6) is 0 Å². The lowest BCUT2D eigenvalue weighted by atomic mass is 10.3. The molecule has 0 radical (unpaired) electrons. The van der Waals surface area contributed by atoms with Crippen LogP contribution in [0.15, 0.2) is 46.8 Å². The van der Waals surface area contributed by atoms with E-state index in [9.17, 15) is 9.59 Å². The van der Waals surface area contributed by atoms with Crippen molar-refractivity contribution in [1.29, 1.82) is 0 Å². The van der Waals surface area contributed by atoms with E-state index in [0.717, 1.165) is 14.9 Å². The van der Waals surface area contributed by atoms with E-state index in [2.05, 4.69) is 15.4 Å². The standard InChI is InChI=1S/C15H10ClN5O2S/c16-9-1-3-10(4-2-9)18-12(22)7-21-15(23)20-8-17-11-5-6-24-13(11)14(20)19-21/h1-6,8H,7H2,(H,18,22). The van der Waals surface area contributed by atoms with Crippen LogP contribution in [0.25, 0.3) is 15.9 Å². The highest BCUT2D eigenvalue weighted by Crippen LogP contribution is 2.21. The maximum atomic E-state index is 12.4.